The second kappa shape index (κ2) is 3.34. The third kappa shape index (κ3) is 1.40. The lowest BCUT2D eigenvalue weighted by Gasteiger charge is -2.26. The van der Waals surface area contributed by atoms with Crippen molar-refractivity contribution >= 4 is 0 Å². The quantitative estimate of drug-likeness (QED) is 0.577. The highest BCUT2D eigenvalue weighted by atomic mass is 16.5. The monoisotopic (exact) mass is 163 g/mol. The van der Waals surface area contributed by atoms with Crippen molar-refractivity contribution in [2.45, 2.75) is 32.1 Å². The molecular formula is C11H15O. The Morgan fingerprint density at radius 3 is 2.92 bits per heavy atom. The van der Waals surface area contributed by atoms with Crippen LogP contribution >= 0.6 is 0 Å². The first-order valence-corrected chi connectivity index (χ1v) is 4.70. The largest absolute Gasteiger partial charge is 0.497 e. The molecule has 0 aromatic carbocycles. The molecule has 2 aliphatic rings. The minimum atomic E-state index is 1.05. The zero-order chi connectivity index (χ0) is 8.39. The van der Waals surface area contributed by atoms with E-state index >= 15 is 0 Å². The van der Waals surface area contributed by atoms with Crippen molar-refractivity contribution in [3.63, 3.8) is 0 Å². The van der Waals surface area contributed by atoms with Gasteiger partial charge in [-0.05, 0) is 37.8 Å². The van der Waals surface area contributed by atoms with Gasteiger partial charge in [-0.15, -0.1) is 0 Å². The molecule has 0 atom stereocenters. The Labute approximate surface area is 74.1 Å². The van der Waals surface area contributed by atoms with Crippen molar-refractivity contribution in [3.8, 4) is 0 Å². The van der Waals surface area contributed by atoms with Crippen LogP contribution in [-0.2, 0) is 4.74 Å². The van der Waals surface area contributed by atoms with E-state index in [0.717, 1.165) is 12.2 Å². The summed E-state index contributed by atoms with van der Waals surface area (Å²) in [6.07, 6.45) is 10.8. The van der Waals surface area contributed by atoms with Gasteiger partial charge in [0.2, 0.25) is 0 Å². The number of ether oxygens (including phenoxy) is 1. The van der Waals surface area contributed by atoms with E-state index in [1.165, 1.54) is 25.7 Å². The Kier molecular flexibility index (Phi) is 2.20. The molecule has 1 nitrogen and oxygen atoms in total. The van der Waals surface area contributed by atoms with Crippen molar-refractivity contribution in [3.05, 3.63) is 29.4 Å². The highest BCUT2D eigenvalue weighted by Gasteiger charge is 2.21. The highest BCUT2D eigenvalue weighted by molar-refractivity contribution is 5.37. The van der Waals surface area contributed by atoms with E-state index in [0.29, 0.717) is 0 Å². The predicted octanol–water partition coefficient (Wildman–Crippen LogP) is 3.00. The van der Waals surface area contributed by atoms with Gasteiger partial charge in [-0.2, -0.15) is 0 Å². The van der Waals surface area contributed by atoms with Crippen LogP contribution in [0.15, 0.2) is 23.5 Å². The molecule has 65 valence electrons. The number of allylic oxidation sites excluding steroid dienone is 3. The van der Waals surface area contributed by atoms with E-state index in [2.05, 4.69) is 12.2 Å². The van der Waals surface area contributed by atoms with E-state index in [9.17, 15) is 0 Å². The first-order valence-electron chi connectivity index (χ1n) is 4.70. The predicted molar refractivity (Wildman–Crippen MR) is 49.5 cm³/mol. The maximum absolute atomic E-state index is 5.21. The van der Waals surface area contributed by atoms with Crippen LogP contribution in [0.4, 0.5) is 0 Å². The van der Waals surface area contributed by atoms with Crippen LogP contribution in [0.2, 0.25) is 0 Å². The second-order valence-corrected chi connectivity index (χ2v) is 3.49. The van der Waals surface area contributed by atoms with Crippen LogP contribution < -0.4 is 0 Å². The fourth-order valence-corrected chi connectivity index (χ4v) is 2.00. The molecule has 0 aliphatic heterocycles. The van der Waals surface area contributed by atoms with Gasteiger partial charge in [-0.25, -0.2) is 0 Å². The fraction of sp³-hybridized carbons (Fsp3) is 0.545. The summed E-state index contributed by atoms with van der Waals surface area (Å²) in [5.74, 6) is 2.69. The molecule has 0 N–H and O–H groups in total. The van der Waals surface area contributed by atoms with E-state index in [4.69, 9.17) is 4.74 Å². The summed E-state index contributed by atoms with van der Waals surface area (Å²) in [5, 5.41) is 0. The third-order valence-electron chi connectivity index (χ3n) is 2.73. The van der Waals surface area contributed by atoms with Gasteiger partial charge in [-0.3, -0.25) is 0 Å². The molecule has 2 rings (SSSR count). The van der Waals surface area contributed by atoms with Gasteiger partial charge in [0.1, 0.15) is 5.76 Å². The van der Waals surface area contributed by atoms with E-state index in [-0.39, 0.29) is 0 Å². The van der Waals surface area contributed by atoms with E-state index in [1.54, 1.807) is 18.6 Å². The SMILES string of the molecule is COC1=CC[C]2CCCCC2=C1. The normalized spacial score (nSPS) is 24.1. The topological polar surface area (TPSA) is 9.23 Å². The molecule has 0 aromatic rings. The Hall–Kier alpha value is -0.720. The minimum absolute atomic E-state index is 1.05. The molecule has 0 unspecified atom stereocenters. The molecule has 1 fully saturated rings. The van der Waals surface area contributed by atoms with Gasteiger partial charge >= 0.3 is 0 Å². The lowest BCUT2D eigenvalue weighted by molar-refractivity contribution is 0.302. The van der Waals surface area contributed by atoms with Gasteiger partial charge in [-0.1, -0.05) is 12.0 Å². The lowest BCUT2D eigenvalue weighted by atomic mass is 9.80. The smallest absolute Gasteiger partial charge is 0.114 e. The van der Waals surface area contributed by atoms with Crippen LogP contribution in [0.1, 0.15) is 32.1 Å². The van der Waals surface area contributed by atoms with Gasteiger partial charge < -0.3 is 4.74 Å². The van der Waals surface area contributed by atoms with Crippen LogP contribution in [0, 0.1) is 5.92 Å². The van der Waals surface area contributed by atoms with Crippen molar-refractivity contribution in [2.75, 3.05) is 7.11 Å². The van der Waals surface area contributed by atoms with E-state index < -0.39 is 0 Å². The Morgan fingerprint density at radius 1 is 1.25 bits per heavy atom. The molecule has 1 radical (unpaired) electrons. The van der Waals surface area contributed by atoms with Gasteiger partial charge in [0.25, 0.3) is 0 Å². The van der Waals surface area contributed by atoms with Crippen LogP contribution in [0.25, 0.3) is 0 Å². The highest BCUT2D eigenvalue weighted by Crippen LogP contribution is 2.37. The number of hydrogen-bond donors (Lipinski definition) is 0. The van der Waals surface area contributed by atoms with Crippen LogP contribution in [0.5, 0.6) is 0 Å². The number of methoxy groups -OCH3 is 1. The number of hydrogen-bond acceptors (Lipinski definition) is 1. The van der Waals surface area contributed by atoms with Crippen LogP contribution in [-0.4, -0.2) is 7.11 Å². The molecule has 0 bridgehead atoms. The molecule has 1 saturated carbocycles. The van der Waals surface area contributed by atoms with Gasteiger partial charge in [0.05, 0.1) is 7.11 Å². The zero-order valence-corrected chi connectivity index (χ0v) is 7.60. The Bertz CT molecular complexity index is 225. The third-order valence-corrected chi connectivity index (χ3v) is 2.73. The maximum atomic E-state index is 5.21. The standard InChI is InChI=1S/C11H15O/c1-12-11-7-6-9-4-2-3-5-10(9)8-11/h7-8H,2-6H2,1H3. The molecule has 0 saturated heterocycles. The van der Waals surface area contributed by atoms with Crippen molar-refractivity contribution < 1.29 is 4.74 Å². The molecular weight excluding hydrogens is 148 g/mol. The molecule has 0 heterocycles. The van der Waals surface area contributed by atoms with E-state index in [1.807, 2.05) is 0 Å². The number of rotatable bonds is 1. The Balaban J connectivity index is 2.12. The minimum Gasteiger partial charge on any atom is -0.497 e. The summed E-state index contributed by atoms with van der Waals surface area (Å²) in [4.78, 5) is 0. The average molecular weight is 163 g/mol. The summed E-state index contributed by atoms with van der Waals surface area (Å²) in [7, 11) is 1.75. The summed E-state index contributed by atoms with van der Waals surface area (Å²) in [6.45, 7) is 0. The van der Waals surface area contributed by atoms with Crippen LogP contribution in [0.3, 0.4) is 0 Å². The molecule has 0 spiro atoms. The summed E-state index contributed by atoms with van der Waals surface area (Å²) < 4.78 is 5.21. The second-order valence-electron chi connectivity index (χ2n) is 3.49. The lowest BCUT2D eigenvalue weighted by Crippen LogP contribution is -2.10. The number of fused-ring (bicyclic) bond motifs is 1. The fourth-order valence-electron chi connectivity index (χ4n) is 2.00. The van der Waals surface area contributed by atoms with Gasteiger partial charge in [0.15, 0.2) is 0 Å². The Morgan fingerprint density at radius 2 is 2.08 bits per heavy atom. The van der Waals surface area contributed by atoms with Crippen molar-refractivity contribution in [2.24, 2.45) is 0 Å². The molecule has 0 amide bonds. The first-order chi connectivity index (χ1) is 5.90. The summed E-state index contributed by atoms with van der Waals surface area (Å²) in [6, 6.07) is 0. The average Bonchev–Trinajstić information content (AvgIpc) is 2.17. The summed E-state index contributed by atoms with van der Waals surface area (Å²) >= 11 is 0. The van der Waals surface area contributed by atoms with Crippen molar-refractivity contribution in [1.29, 1.82) is 0 Å². The molecule has 12 heavy (non-hydrogen) atoms. The molecule has 2 aliphatic carbocycles. The molecule has 0 aromatic heterocycles. The van der Waals surface area contributed by atoms with Gasteiger partial charge in [0, 0.05) is 5.92 Å². The first kappa shape index (κ1) is 7.90. The molecule has 1 heteroatoms. The maximum Gasteiger partial charge on any atom is 0.114 e. The van der Waals surface area contributed by atoms with Crippen molar-refractivity contribution in [1.82, 2.24) is 0 Å². The zero-order valence-electron chi connectivity index (χ0n) is 7.60. The summed E-state index contributed by atoms with van der Waals surface area (Å²) in [5.41, 5.74) is 1.54.